The monoisotopic (exact) mass is 319 g/mol. The Kier molecular flexibility index (Phi) is 4.61. The number of rotatable bonds is 4. The average Bonchev–Trinajstić information content (AvgIpc) is 2.61. The maximum absolute atomic E-state index is 12.4. The number of esters is 1. The van der Waals surface area contributed by atoms with Crippen molar-refractivity contribution in [2.75, 3.05) is 6.61 Å². The average molecular weight is 319 g/mol. The standard InChI is InChI=1S/C21H21NO2/c1-4-24-21(23)18-13-17-12-16(14(2)3)10-11-19(17)22-20(18)15-8-6-5-7-9-15/h5-14H,4H2,1-3H3. The Morgan fingerprint density at radius 2 is 1.83 bits per heavy atom. The van der Waals surface area contributed by atoms with Crippen LogP contribution < -0.4 is 0 Å². The van der Waals surface area contributed by atoms with Crippen LogP contribution in [0.25, 0.3) is 22.2 Å². The van der Waals surface area contributed by atoms with Gasteiger partial charge in [0.2, 0.25) is 0 Å². The molecule has 24 heavy (non-hydrogen) atoms. The van der Waals surface area contributed by atoms with Crippen LogP contribution in [0.3, 0.4) is 0 Å². The quantitative estimate of drug-likeness (QED) is 0.620. The first-order valence-electron chi connectivity index (χ1n) is 8.27. The predicted octanol–water partition coefficient (Wildman–Crippen LogP) is 5.20. The predicted molar refractivity (Wildman–Crippen MR) is 97.2 cm³/mol. The van der Waals surface area contributed by atoms with Gasteiger partial charge >= 0.3 is 5.97 Å². The summed E-state index contributed by atoms with van der Waals surface area (Å²) in [4.78, 5) is 17.2. The maximum Gasteiger partial charge on any atom is 0.340 e. The van der Waals surface area contributed by atoms with E-state index in [0.717, 1.165) is 16.5 Å². The summed E-state index contributed by atoms with van der Waals surface area (Å²) >= 11 is 0. The van der Waals surface area contributed by atoms with Crippen LogP contribution in [0.1, 0.15) is 42.6 Å². The Hall–Kier alpha value is -2.68. The molecule has 0 N–H and O–H groups in total. The number of hydrogen-bond donors (Lipinski definition) is 0. The van der Waals surface area contributed by atoms with Gasteiger partial charge in [-0.1, -0.05) is 50.2 Å². The molecule has 0 unspecified atom stereocenters. The van der Waals surface area contributed by atoms with Gasteiger partial charge in [-0.25, -0.2) is 9.78 Å². The van der Waals surface area contributed by atoms with E-state index in [1.165, 1.54) is 5.56 Å². The van der Waals surface area contributed by atoms with Gasteiger partial charge in [-0.2, -0.15) is 0 Å². The van der Waals surface area contributed by atoms with E-state index in [0.29, 0.717) is 23.8 Å². The van der Waals surface area contributed by atoms with Gasteiger partial charge in [-0.05, 0) is 36.6 Å². The second-order valence-electron chi connectivity index (χ2n) is 6.08. The van der Waals surface area contributed by atoms with Crippen molar-refractivity contribution in [3.8, 4) is 11.3 Å². The van der Waals surface area contributed by atoms with E-state index >= 15 is 0 Å². The molecule has 0 aliphatic carbocycles. The molecule has 3 aromatic rings. The van der Waals surface area contributed by atoms with Gasteiger partial charge in [0.25, 0.3) is 0 Å². The number of nitrogens with zero attached hydrogens (tertiary/aromatic N) is 1. The number of pyridine rings is 1. The van der Waals surface area contributed by atoms with Crippen LogP contribution in [0.4, 0.5) is 0 Å². The fourth-order valence-electron chi connectivity index (χ4n) is 2.73. The van der Waals surface area contributed by atoms with Gasteiger partial charge in [0, 0.05) is 10.9 Å². The highest BCUT2D eigenvalue weighted by atomic mass is 16.5. The zero-order valence-electron chi connectivity index (χ0n) is 14.2. The smallest absolute Gasteiger partial charge is 0.340 e. The Balaban J connectivity index is 2.23. The normalized spacial score (nSPS) is 11.0. The number of carbonyl (C=O) groups excluding carboxylic acids is 1. The molecule has 2 aromatic carbocycles. The lowest BCUT2D eigenvalue weighted by atomic mass is 9.98. The number of aromatic nitrogens is 1. The number of benzene rings is 2. The maximum atomic E-state index is 12.4. The lowest BCUT2D eigenvalue weighted by Gasteiger charge is -2.12. The molecule has 3 rings (SSSR count). The van der Waals surface area contributed by atoms with Gasteiger partial charge in [0.15, 0.2) is 0 Å². The minimum atomic E-state index is -0.333. The second kappa shape index (κ2) is 6.83. The second-order valence-corrected chi connectivity index (χ2v) is 6.08. The lowest BCUT2D eigenvalue weighted by Crippen LogP contribution is -2.08. The van der Waals surface area contributed by atoms with Crippen LogP contribution in [-0.2, 0) is 4.74 Å². The molecule has 1 aromatic heterocycles. The van der Waals surface area contributed by atoms with Crippen LogP contribution in [0.15, 0.2) is 54.6 Å². The van der Waals surface area contributed by atoms with Crippen LogP contribution in [0, 0.1) is 0 Å². The van der Waals surface area contributed by atoms with E-state index in [9.17, 15) is 4.79 Å². The molecule has 0 bridgehead atoms. The summed E-state index contributed by atoms with van der Waals surface area (Å²) < 4.78 is 5.24. The molecule has 0 spiro atoms. The highest BCUT2D eigenvalue weighted by molar-refractivity contribution is 6.00. The van der Waals surface area contributed by atoms with E-state index in [2.05, 4.69) is 26.0 Å². The molecule has 0 atom stereocenters. The van der Waals surface area contributed by atoms with Crippen LogP contribution in [0.5, 0.6) is 0 Å². The van der Waals surface area contributed by atoms with Crippen molar-refractivity contribution < 1.29 is 9.53 Å². The van der Waals surface area contributed by atoms with Gasteiger partial charge in [-0.15, -0.1) is 0 Å². The first-order chi connectivity index (χ1) is 11.6. The molecular weight excluding hydrogens is 298 g/mol. The first kappa shape index (κ1) is 16.2. The van der Waals surface area contributed by atoms with E-state index in [1.54, 1.807) is 0 Å². The van der Waals surface area contributed by atoms with Crippen molar-refractivity contribution in [3.05, 3.63) is 65.7 Å². The molecule has 3 heteroatoms. The number of ether oxygens (including phenoxy) is 1. The van der Waals surface area contributed by atoms with Crippen molar-refractivity contribution in [1.29, 1.82) is 0 Å². The molecule has 0 saturated carbocycles. The topological polar surface area (TPSA) is 39.2 Å². The zero-order valence-corrected chi connectivity index (χ0v) is 14.2. The Morgan fingerprint density at radius 3 is 2.50 bits per heavy atom. The third kappa shape index (κ3) is 3.16. The molecule has 0 amide bonds. The largest absolute Gasteiger partial charge is 0.462 e. The van der Waals surface area contributed by atoms with Crippen molar-refractivity contribution in [1.82, 2.24) is 4.98 Å². The summed E-state index contributed by atoms with van der Waals surface area (Å²) in [5.74, 6) is 0.0925. The third-order valence-corrected chi connectivity index (χ3v) is 4.05. The van der Waals surface area contributed by atoms with Crippen molar-refractivity contribution >= 4 is 16.9 Å². The molecule has 3 nitrogen and oxygen atoms in total. The summed E-state index contributed by atoms with van der Waals surface area (Å²) in [5.41, 5.74) is 4.20. The molecule has 1 heterocycles. The molecule has 0 saturated heterocycles. The van der Waals surface area contributed by atoms with Gasteiger partial charge in [-0.3, -0.25) is 0 Å². The molecular formula is C21H21NO2. The Labute approximate surface area is 142 Å². The van der Waals surface area contributed by atoms with Crippen molar-refractivity contribution in [2.45, 2.75) is 26.7 Å². The van der Waals surface area contributed by atoms with Gasteiger partial charge in [0.05, 0.1) is 23.4 Å². The molecule has 0 fully saturated rings. The summed E-state index contributed by atoms with van der Waals surface area (Å²) in [5, 5.41) is 0.962. The van der Waals surface area contributed by atoms with E-state index < -0.39 is 0 Å². The number of carbonyl (C=O) groups is 1. The summed E-state index contributed by atoms with van der Waals surface area (Å²) in [6, 6.07) is 17.9. The highest BCUT2D eigenvalue weighted by Gasteiger charge is 2.17. The summed E-state index contributed by atoms with van der Waals surface area (Å²) in [6.07, 6.45) is 0. The lowest BCUT2D eigenvalue weighted by molar-refractivity contribution is 0.0527. The molecule has 0 aliphatic heterocycles. The van der Waals surface area contributed by atoms with Gasteiger partial charge in [0.1, 0.15) is 0 Å². The minimum Gasteiger partial charge on any atom is -0.462 e. The SMILES string of the molecule is CCOC(=O)c1cc2cc(C(C)C)ccc2nc1-c1ccccc1. The molecule has 122 valence electrons. The molecule has 0 radical (unpaired) electrons. The molecule has 0 aliphatic rings. The van der Waals surface area contributed by atoms with Crippen LogP contribution >= 0.6 is 0 Å². The Morgan fingerprint density at radius 1 is 1.08 bits per heavy atom. The van der Waals surface area contributed by atoms with Crippen molar-refractivity contribution in [3.63, 3.8) is 0 Å². The zero-order chi connectivity index (χ0) is 17.1. The number of hydrogen-bond acceptors (Lipinski definition) is 3. The van der Waals surface area contributed by atoms with E-state index in [-0.39, 0.29) is 5.97 Å². The third-order valence-electron chi connectivity index (χ3n) is 4.05. The summed E-state index contributed by atoms with van der Waals surface area (Å²) in [6.45, 7) is 6.46. The van der Waals surface area contributed by atoms with Gasteiger partial charge < -0.3 is 4.74 Å². The number of fused-ring (bicyclic) bond motifs is 1. The fourth-order valence-corrected chi connectivity index (χ4v) is 2.73. The highest BCUT2D eigenvalue weighted by Crippen LogP contribution is 2.28. The van der Waals surface area contributed by atoms with E-state index in [4.69, 9.17) is 9.72 Å². The summed E-state index contributed by atoms with van der Waals surface area (Å²) in [7, 11) is 0. The first-order valence-corrected chi connectivity index (χ1v) is 8.27. The fraction of sp³-hybridized carbons (Fsp3) is 0.238. The van der Waals surface area contributed by atoms with Crippen LogP contribution in [-0.4, -0.2) is 17.6 Å². The Bertz CT molecular complexity index is 870. The van der Waals surface area contributed by atoms with Crippen molar-refractivity contribution in [2.24, 2.45) is 0 Å². The minimum absolute atomic E-state index is 0.333. The van der Waals surface area contributed by atoms with E-state index in [1.807, 2.05) is 49.4 Å². The van der Waals surface area contributed by atoms with Crippen LogP contribution in [0.2, 0.25) is 0 Å².